The molecule has 2 rings (SSSR count). The summed E-state index contributed by atoms with van der Waals surface area (Å²) in [6.45, 7) is 1.46. The molecule has 25 heavy (non-hydrogen) atoms. The first kappa shape index (κ1) is 19.7. The lowest BCUT2D eigenvalue weighted by molar-refractivity contribution is -0.121. The third-order valence-corrected chi connectivity index (χ3v) is 5.43. The summed E-state index contributed by atoms with van der Waals surface area (Å²) < 4.78 is 35.9. The first-order valence-electron chi connectivity index (χ1n) is 8.35. The Kier molecular flexibility index (Phi) is 7.22. The largest absolute Gasteiger partial charge is 0.496 e. The summed E-state index contributed by atoms with van der Waals surface area (Å²) in [7, 11) is -1.79. The lowest BCUT2D eigenvalue weighted by atomic mass is 10.2. The van der Waals surface area contributed by atoms with E-state index in [1.54, 1.807) is 7.11 Å². The topological polar surface area (TPSA) is 84.9 Å². The van der Waals surface area contributed by atoms with Crippen LogP contribution in [-0.4, -0.2) is 57.8 Å². The smallest absolute Gasteiger partial charge is 0.221 e. The minimum absolute atomic E-state index is 0.0774. The van der Waals surface area contributed by atoms with Gasteiger partial charge in [-0.3, -0.25) is 4.79 Å². The van der Waals surface area contributed by atoms with Gasteiger partial charge in [-0.15, -0.1) is 0 Å². The van der Waals surface area contributed by atoms with E-state index in [1.165, 1.54) is 4.31 Å². The molecule has 1 unspecified atom stereocenters. The summed E-state index contributed by atoms with van der Waals surface area (Å²) in [4.78, 5) is 12.1. The van der Waals surface area contributed by atoms with Crippen molar-refractivity contribution in [2.45, 2.75) is 31.9 Å². The second-order valence-electron chi connectivity index (χ2n) is 6.09. The van der Waals surface area contributed by atoms with Gasteiger partial charge in [0.2, 0.25) is 15.9 Å². The van der Waals surface area contributed by atoms with E-state index in [4.69, 9.17) is 9.47 Å². The molecule has 8 heteroatoms. The molecular formula is C17H26N2O5S. The first-order chi connectivity index (χ1) is 11.9. The molecule has 0 aliphatic carbocycles. The Balaban J connectivity index is 1.83. The lowest BCUT2D eigenvalue weighted by Crippen LogP contribution is -2.39. The molecule has 1 aliphatic rings. The highest BCUT2D eigenvalue weighted by molar-refractivity contribution is 7.88. The number of amides is 1. The van der Waals surface area contributed by atoms with Gasteiger partial charge in [-0.2, -0.15) is 4.31 Å². The van der Waals surface area contributed by atoms with Crippen LogP contribution in [0.15, 0.2) is 24.3 Å². The number of ether oxygens (including phenoxy) is 2. The van der Waals surface area contributed by atoms with Crippen molar-refractivity contribution < 1.29 is 22.7 Å². The molecule has 0 aromatic heterocycles. The van der Waals surface area contributed by atoms with Crippen LogP contribution in [0.25, 0.3) is 0 Å². The summed E-state index contributed by atoms with van der Waals surface area (Å²) in [5, 5.41) is 2.80. The number of nitrogens with zero attached hydrogens (tertiary/aromatic N) is 1. The van der Waals surface area contributed by atoms with Crippen molar-refractivity contribution in [3.05, 3.63) is 29.8 Å². The van der Waals surface area contributed by atoms with Gasteiger partial charge < -0.3 is 14.8 Å². The molecule has 0 spiro atoms. The quantitative estimate of drug-likeness (QED) is 0.705. The molecule has 1 amide bonds. The van der Waals surface area contributed by atoms with Crippen molar-refractivity contribution in [2.75, 3.05) is 33.1 Å². The number of hydrogen-bond donors (Lipinski definition) is 1. The average molecular weight is 370 g/mol. The number of carbonyl (C=O) groups excluding carboxylic acids is 1. The zero-order valence-corrected chi connectivity index (χ0v) is 15.5. The molecule has 0 bridgehead atoms. The van der Waals surface area contributed by atoms with Crippen molar-refractivity contribution >= 4 is 15.9 Å². The minimum atomic E-state index is -3.37. The Morgan fingerprint density at radius 1 is 1.40 bits per heavy atom. The number of para-hydroxylation sites is 1. The number of rotatable bonds is 9. The predicted octanol–water partition coefficient (Wildman–Crippen LogP) is 1.14. The monoisotopic (exact) mass is 370 g/mol. The third kappa shape index (κ3) is 6.30. The maximum Gasteiger partial charge on any atom is 0.221 e. The van der Waals surface area contributed by atoms with Gasteiger partial charge in [-0.05, 0) is 18.9 Å². The Morgan fingerprint density at radius 2 is 2.16 bits per heavy atom. The van der Waals surface area contributed by atoms with Crippen molar-refractivity contribution in [3.63, 3.8) is 0 Å². The van der Waals surface area contributed by atoms with Gasteiger partial charge in [-0.1, -0.05) is 18.2 Å². The SMILES string of the molecule is COc1ccccc1CNC(=O)CCN(CC1CCCO1)S(C)(=O)=O. The average Bonchev–Trinajstić information content (AvgIpc) is 3.09. The molecule has 1 atom stereocenters. The molecular weight excluding hydrogens is 344 g/mol. The van der Waals surface area contributed by atoms with Crippen LogP contribution in [0.4, 0.5) is 0 Å². The second-order valence-corrected chi connectivity index (χ2v) is 8.08. The molecule has 1 aliphatic heterocycles. The molecule has 0 radical (unpaired) electrons. The second kappa shape index (κ2) is 9.17. The zero-order valence-electron chi connectivity index (χ0n) is 14.7. The van der Waals surface area contributed by atoms with Gasteiger partial charge in [-0.25, -0.2) is 8.42 Å². The van der Waals surface area contributed by atoms with Gasteiger partial charge >= 0.3 is 0 Å². The highest BCUT2D eigenvalue weighted by atomic mass is 32.2. The van der Waals surface area contributed by atoms with E-state index in [0.717, 1.165) is 24.7 Å². The number of sulfonamides is 1. The van der Waals surface area contributed by atoms with Crippen LogP contribution in [0.2, 0.25) is 0 Å². The van der Waals surface area contributed by atoms with Crippen molar-refractivity contribution in [1.29, 1.82) is 0 Å². The van der Waals surface area contributed by atoms with E-state index >= 15 is 0 Å². The maximum absolute atomic E-state index is 12.1. The van der Waals surface area contributed by atoms with Crippen molar-refractivity contribution in [3.8, 4) is 5.75 Å². The molecule has 1 aromatic carbocycles. The first-order valence-corrected chi connectivity index (χ1v) is 10.2. The Morgan fingerprint density at radius 3 is 2.80 bits per heavy atom. The summed E-state index contributed by atoms with van der Waals surface area (Å²) in [6.07, 6.45) is 2.99. The van der Waals surface area contributed by atoms with Crippen molar-refractivity contribution in [2.24, 2.45) is 0 Å². The van der Waals surface area contributed by atoms with E-state index in [1.807, 2.05) is 24.3 Å². The van der Waals surface area contributed by atoms with Gasteiger partial charge in [0.25, 0.3) is 0 Å². The van der Waals surface area contributed by atoms with Crippen molar-refractivity contribution in [1.82, 2.24) is 9.62 Å². The normalized spacial score (nSPS) is 17.6. The van der Waals surface area contributed by atoms with Gasteiger partial charge in [0.15, 0.2) is 0 Å². The van der Waals surface area contributed by atoms with E-state index in [9.17, 15) is 13.2 Å². The minimum Gasteiger partial charge on any atom is -0.496 e. The fourth-order valence-corrected chi connectivity index (χ4v) is 3.63. The maximum atomic E-state index is 12.1. The fraction of sp³-hybridized carbons (Fsp3) is 0.588. The number of hydrogen-bond acceptors (Lipinski definition) is 5. The van der Waals surface area contributed by atoms with Crippen LogP contribution in [0.5, 0.6) is 5.75 Å². The van der Waals surface area contributed by atoms with E-state index in [0.29, 0.717) is 25.4 Å². The molecule has 1 heterocycles. The molecule has 0 saturated carbocycles. The Hall–Kier alpha value is -1.64. The molecule has 1 fully saturated rings. The van der Waals surface area contributed by atoms with Crippen LogP contribution in [-0.2, 0) is 26.1 Å². The summed E-state index contributed by atoms with van der Waals surface area (Å²) >= 11 is 0. The van der Waals surface area contributed by atoms with Gasteiger partial charge in [0.1, 0.15) is 5.75 Å². The van der Waals surface area contributed by atoms with E-state index in [2.05, 4.69) is 5.32 Å². The number of carbonyl (C=O) groups is 1. The zero-order chi connectivity index (χ0) is 18.3. The van der Waals surface area contributed by atoms with Crippen LogP contribution >= 0.6 is 0 Å². The van der Waals surface area contributed by atoms with Gasteiger partial charge in [0, 0.05) is 38.2 Å². The standard InChI is InChI=1S/C17H26N2O5S/c1-23-16-8-4-3-6-14(16)12-18-17(20)9-10-19(25(2,21)22)13-15-7-5-11-24-15/h3-4,6,8,15H,5,7,9-13H2,1-2H3,(H,18,20). The molecule has 1 N–H and O–H groups in total. The highest BCUT2D eigenvalue weighted by Crippen LogP contribution is 2.17. The lowest BCUT2D eigenvalue weighted by Gasteiger charge is -2.22. The van der Waals surface area contributed by atoms with Crippen LogP contribution in [0.1, 0.15) is 24.8 Å². The van der Waals surface area contributed by atoms with Crippen LogP contribution in [0, 0.1) is 0 Å². The Labute approximate surface area is 149 Å². The fourth-order valence-electron chi connectivity index (χ4n) is 2.77. The van der Waals surface area contributed by atoms with Crippen LogP contribution in [0.3, 0.4) is 0 Å². The number of nitrogens with one attached hydrogen (secondary N) is 1. The Bertz CT molecular complexity index is 671. The number of benzene rings is 1. The summed E-state index contributed by atoms with van der Waals surface area (Å²) in [5.74, 6) is 0.505. The molecule has 1 saturated heterocycles. The molecule has 140 valence electrons. The highest BCUT2D eigenvalue weighted by Gasteiger charge is 2.25. The predicted molar refractivity (Wildman–Crippen MR) is 94.8 cm³/mol. The van der Waals surface area contributed by atoms with Gasteiger partial charge in [0.05, 0.1) is 19.5 Å². The summed E-state index contributed by atoms with van der Waals surface area (Å²) in [6, 6.07) is 7.43. The summed E-state index contributed by atoms with van der Waals surface area (Å²) in [5.41, 5.74) is 0.873. The van der Waals surface area contributed by atoms with E-state index in [-0.39, 0.29) is 25.0 Å². The molecule has 7 nitrogen and oxygen atoms in total. The third-order valence-electron chi connectivity index (χ3n) is 4.16. The number of methoxy groups -OCH3 is 1. The van der Waals surface area contributed by atoms with Crippen LogP contribution < -0.4 is 10.1 Å². The van der Waals surface area contributed by atoms with E-state index < -0.39 is 10.0 Å². The molecule has 1 aromatic rings.